The van der Waals surface area contributed by atoms with Crippen molar-refractivity contribution in [3.63, 3.8) is 0 Å². The lowest BCUT2D eigenvalue weighted by Crippen LogP contribution is -2.57. The number of aromatic nitrogens is 5. The Balaban J connectivity index is 0.728. The number of oxazole rings is 1. The summed E-state index contributed by atoms with van der Waals surface area (Å²) in [6, 6.07) is 17.5. The summed E-state index contributed by atoms with van der Waals surface area (Å²) in [5, 5.41) is 29.4. The molecule has 75 heavy (non-hydrogen) atoms. The molecule has 0 bridgehead atoms. The molecule has 0 radical (unpaired) electrons. The summed E-state index contributed by atoms with van der Waals surface area (Å²) in [6.07, 6.45) is 3.84. The predicted octanol–water partition coefficient (Wildman–Crippen LogP) is 7.45. The number of aryl methyl sites for hydroxylation is 3. The zero-order valence-corrected chi connectivity index (χ0v) is 44.1. The molecule has 5 heterocycles. The molecule has 0 aliphatic carbocycles. The fourth-order valence-electron chi connectivity index (χ4n) is 9.32. The summed E-state index contributed by atoms with van der Waals surface area (Å²) in [6.45, 7) is 15.4. The number of carbonyl (C=O) groups excluding carboxylic acids is 4. The number of aromatic amines is 1. The van der Waals surface area contributed by atoms with Crippen molar-refractivity contribution < 1.29 is 42.9 Å². The van der Waals surface area contributed by atoms with Gasteiger partial charge in [0.25, 0.3) is 0 Å². The van der Waals surface area contributed by atoms with Crippen molar-refractivity contribution in [1.82, 2.24) is 40.3 Å². The van der Waals surface area contributed by atoms with Gasteiger partial charge in [0.15, 0.2) is 18.0 Å². The lowest BCUT2D eigenvalue weighted by Gasteiger charge is -2.35. The van der Waals surface area contributed by atoms with Gasteiger partial charge in [-0.1, -0.05) is 68.8 Å². The first-order valence-corrected chi connectivity index (χ1v) is 25.5. The molecule has 3 amide bonds. The van der Waals surface area contributed by atoms with Crippen LogP contribution in [0.15, 0.2) is 82.5 Å². The van der Waals surface area contributed by atoms with E-state index in [4.69, 9.17) is 35.2 Å². The Morgan fingerprint density at radius 3 is 2.35 bits per heavy atom. The number of nitrogens with one attached hydrogen (secondary N) is 4. The number of carbonyl (C=O) groups is 4. The standard InChI is InChI=1S/C55H65ClN10O9/c1-32-33(2)59-53-48(32)49(37-14-16-39(56)17-15-37)61-43(52-64-63-35(4)66(52)53)27-46(69)60-42-19-18-40(26-45(42)68)74-25-9-23-72-22-8-24-73-30-47(70)62-51(55(5,6)7)54(71)65-21-20-41(44(65)29-67)57-28-36-10-12-38(13-11-36)50-34(3)58-31-75-50/h10-19,26,29,31,41,43-44,51,57,59,68H,8-9,20-25,27-28,30H2,1-7H3,(H,60,69)(H,62,70)/t41?,43?,44-,51?/m1/s1. The molecule has 0 saturated carbocycles. The van der Waals surface area contributed by atoms with Crippen molar-refractivity contribution in [3.8, 4) is 28.6 Å². The van der Waals surface area contributed by atoms with Gasteiger partial charge in [-0.05, 0) is 81.3 Å². The van der Waals surface area contributed by atoms with Crippen molar-refractivity contribution in [2.45, 2.75) is 105 Å². The van der Waals surface area contributed by atoms with Gasteiger partial charge < -0.3 is 54.4 Å². The number of phenols is 1. The molecule has 5 N–H and O–H groups in total. The van der Waals surface area contributed by atoms with Crippen LogP contribution in [0.5, 0.6) is 11.5 Å². The van der Waals surface area contributed by atoms with Crippen LogP contribution in [0.25, 0.3) is 17.1 Å². The number of hydrogen-bond acceptors (Lipinski definition) is 14. The summed E-state index contributed by atoms with van der Waals surface area (Å²) in [4.78, 5) is 67.3. The van der Waals surface area contributed by atoms with E-state index in [1.165, 1.54) is 12.5 Å². The average molecular weight is 1050 g/mol. The Kier molecular flexibility index (Phi) is 17.3. The maximum absolute atomic E-state index is 13.9. The monoisotopic (exact) mass is 1040 g/mol. The van der Waals surface area contributed by atoms with Crippen LogP contribution in [0.1, 0.15) is 97.8 Å². The van der Waals surface area contributed by atoms with E-state index in [-0.39, 0.29) is 48.9 Å². The molecule has 1 saturated heterocycles. The Bertz CT molecular complexity index is 3010. The highest BCUT2D eigenvalue weighted by Gasteiger charge is 2.43. The number of H-pyrrole nitrogens is 1. The Labute approximate surface area is 440 Å². The van der Waals surface area contributed by atoms with Crippen LogP contribution < -0.4 is 20.7 Å². The number of fused-ring (bicyclic) bond motifs is 3. The lowest BCUT2D eigenvalue weighted by molar-refractivity contribution is -0.142. The molecule has 3 aromatic heterocycles. The van der Waals surface area contributed by atoms with Crippen molar-refractivity contribution >= 4 is 47.0 Å². The first-order chi connectivity index (χ1) is 36.0. The first-order valence-electron chi connectivity index (χ1n) is 25.1. The van der Waals surface area contributed by atoms with Crippen LogP contribution in [0.3, 0.4) is 0 Å². The van der Waals surface area contributed by atoms with Gasteiger partial charge in [0.1, 0.15) is 54.2 Å². The Hall–Kier alpha value is -7.19. The fourth-order valence-corrected chi connectivity index (χ4v) is 9.44. The quantitative estimate of drug-likeness (QED) is 0.0253. The van der Waals surface area contributed by atoms with E-state index >= 15 is 0 Å². The number of hydrogen-bond donors (Lipinski definition) is 5. The molecule has 2 aliphatic heterocycles. The summed E-state index contributed by atoms with van der Waals surface area (Å²) in [5.74, 6) is 1.78. The molecular weight excluding hydrogens is 980 g/mol. The normalized spacial score (nSPS) is 16.7. The van der Waals surface area contributed by atoms with Gasteiger partial charge in [-0.15, -0.1) is 10.2 Å². The van der Waals surface area contributed by atoms with Crippen molar-refractivity contribution in [1.29, 1.82) is 0 Å². The van der Waals surface area contributed by atoms with Crippen molar-refractivity contribution in [3.05, 3.63) is 123 Å². The van der Waals surface area contributed by atoms with Gasteiger partial charge in [0.2, 0.25) is 17.7 Å². The van der Waals surface area contributed by atoms with Gasteiger partial charge in [-0.25, -0.2) is 4.98 Å². The van der Waals surface area contributed by atoms with Crippen molar-refractivity contribution in [2.75, 3.05) is 44.9 Å². The number of rotatable bonds is 22. The molecular formula is C55H65ClN10O9. The number of ether oxygens (including phenoxy) is 3. The van der Waals surface area contributed by atoms with E-state index in [0.29, 0.717) is 80.3 Å². The van der Waals surface area contributed by atoms with E-state index in [0.717, 1.165) is 57.1 Å². The van der Waals surface area contributed by atoms with Crippen LogP contribution >= 0.6 is 11.6 Å². The fraction of sp³-hybridized carbons (Fsp3) is 0.418. The summed E-state index contributed by atoms with van der Waals surface area (Å²) < 4.78 is 24.6. The molecule has 20 heteroatoms. The highest BCUT2D eigenvalue weighted by Crippen LogP contribution is 2.36. The molecule has 4 atom stereocenters. The number of amides is 3. The second-order valence-electron chi connectivity index (χ2n) is 20.0. The smallest absolute Gasteiger partial charge is 0.246 e. The third kappa shape index (κ3) is 12.8. The van der Waals surface area contributed by atoms with Crippen LogP contribution in [0, 0.1) is 33.1 Å². The lowest BCUT2D eigenvalue weighted by atomic mass is 9.85. The predicted molar refractivity (Wildman–Crippen MR) is 282 cm³/mol. The number of halogens is 1. The van der Waals surface area contributed by atoms with Gasteiger partial charge in [0.05, 0.1) is 30.1 Å². The number of aldehydes is 1. The third-order valence-corrected chi connectivity index (χ3v) is 13.7. The minimum absolute atomic E-state index is 0.0780. The van der Waals surface area contributed by atoms with Crippen LogP contribution in [-0.4, -0.2) is 122 Å². The molecule has 1 fully saturated rings. The number of anilines is 1. The minimum atomic E-state index is -0.873. The Morgan fingerprint density at radius 2 is 1.65 bits per heavy atom. The molecule has 19 nitrogen and oxygen atoms in total. The maximum Gasteiger partial charge on any atom is 0.246 e. The number of aromatic hydroxyl groups is 1. The zero-order valence-electron chi connectivity index (χ0n) is 43.4. The van der Waals surface area contributed by atoms with E-state index in [1.807, 2.05) is 89.4 Å². The van der Waals surface area contributed by atoms with Gasteiger partial charge in [-0.2, -0.15) is 0 Å². The number of likely N-dealkylation sites (tertiary alicyclic amines) is 1. The number of benzene rings is 3. The molecule has 0 spiro atoms. The molecule has 2 aliphatic rings. The number of aliphatic imine (C=N–C) groups is 1. The molecule has 6 aromatic rings. The topological polar surface area (TPSA) is 240 Å². The zero-order chi connectivity index (χ0) is 53.4. The molecule has 3 unspecified atom stereocenters. The van der Waals surface area contributed by atoms with Crippen LogP contribution in [0.4, 0.5) is 5.69 Å². The third-order valence-electron chi connectivity index (χ3n) is 13.4. The molecule has 8 rings (SSSR count). The number of nitrogens with zero attached hydrogens (tertiary/aromatic N) is 6. The maximum atomic E-state index is 13.9. The Morgan fingerprint density at radius 1 is 0.933 bits per heavy atom. The summed E-state index contributed by atoms with van der Waals surface area (Å²) in [5.41, 5.74) is 6.75. The first kappa shape index (κ1) is 54.1. The van der Waals surface area contributed by atoms with Gasteiger partial charge in [0, 0.05) is 78.8 Å². The largest absolute Gasteiger partial charge is 0.506 e. The van der Waals surface area contributed by atoms with Crippen LogP contribution in [-0.2, 0) is 35.2 Å². The molecule has 396 valence electrons. The highest BCUT2D eigenvalue weighted by atomic mass is 35.5. The van der Waals surface area contributed by atoms with E-state index in [9.17, 15) is 24.3 Å². The second kappa shape index (κ2) is 24.0. The van der Waals surface area contributed by atoms with E-state index in [1.54, 1.807) is 29.2 Å². The van der Waals surface area contributed by atoms with Crippen LogP contribution in [0.2, 0.25) is 5.02 Å². The van der Waals surface area contributed by atoms with E-state index < -0.39 is 29.4 Å². The van der Waals surface area contributed by atoms with Gasteiger partial charge >= 0.3 is 0 Å². The molecule has 3 aromatic carbocycles. The SMILES string of the molecule is Cc1ncoc1-c1ccc(CNC2CCN(C(=O)C(NC(=O)COCCCOCCCOc3ccc(NC(=O)CC4N=C(c5ccc(Cl)cc5)c5c([nH]c(C)c5C)-n5c(C)nnc54)c(O)c3)C(C)(C)C)[C@@H]2C=O)cc1. The summed E-state index contributed by atoms with van der Waals surface area (Å²) >= 11 is 6.24. The minimum Gasteiger partial charge on any atom is -0.506 e. The number of phenolic OH excluding ortho intramolecular Hbond substituents is 1. The summed E-state index contributed by atoms with van der Waals surface area (Å²) in [7, 11) is 0. The van der Waals surface area contributed by atoms with Crippen molar-refractivity contribution in [2.24, 2.45) is 10.4 Å². The average Bonchev–Trinajstić information content (AvgIpc) is 4.17. The highest BCUT2D eigenvalue weighted by molar-refractivity contribution is 6.30. The van der Waals surface area contributed by atoms with Gasteiger partial charge in [-0.3, -0.25) is 23.9 Å². The van der Waals surface area contributed by atoms with E-state index in [2.05, 4.69) is 36.1 Å². The second-order valence-corrected chi connectivity index (χ2v) is 20.4.